The van der Waals surface area contributed by atoms with Crippen LogP contribution in [0.2, 0.25) is 0 Å². The number of nitrogens with zero attached hydrogens (tertiary/aromatic N) is 3. The second kappa shape index (κ2) is 6.12. The summed E-state index contributed by atoms with van der Waals surface area (Å²) in [5, 5.41) is 0. The number of hydrogen-bond acceptors (Lipinski definition) is 5. The number of fused-ring (bicyclic) bond motifs is 1. The molecule has 0 spiro atoms. The minimum absolute atomic E-state index is 0.177. The van der Waals surface area contributed by atoms with Gasteiger partial charge in [0.25, 0.3) is 0 Å². The molecule has 0 saturated heterocycles. The molecule has 0 atom stereocenters. The smallest absolute Gasteiger partial charge is 0.338 e. The number of pyridine rings is 2. The van der Waals surface area contributed by atoms with Crippen molar-refractivity contribution in [1.82, 2.24) is 14.4 Å². The lowest BCUT2D eigenvalue weighted by Gasteiger charge is -2.02. The summed E-state index contributed by atoms with van der Waals surface area (Å²) < 4.78 is 6.83. The third-order valence-electron chi connectivity index (χ3n) is 4.26. The van der Waals surface area contributed by atoms with Gasteiger partial charge in [-0.1, -0.05) is 6.07 Å². The van der Waals surface area contributed by atoms with Gasteiger partial charge >= 0.3 is 5.97 Å². The van der Waals surface area contributed by atoms with E-state index in [1.165, 1.54) is 36.7 Å². The Bertz CT molecular complexity index is 973. The Morgan fingerprint density at radius 3 is 2.80 bits per heavy atom. The van der Waals surface area contributed by atoms with Crippen molar-refractivity contribution < 1.29 is 14.3 Å². The van der Waals surface area contributed by atoms with E-state index in [0.717, 1.165) is 0 Å². The van der Waals surface area contributed by atoms with Crippen LogP contribution < -0.4 is 0 Å². The number of aromatic nitrogens is 3. The number of ketones is 1. The highest BCUT2D eigenvalue weighted by molar-refractivity contribution is 6.07. The number of esters is 1. The molecule has 0 aromatic carbocycles. The highest BCUT2D eigenvalue weighted by atomic mass is 16.5. The molecule has 1 saturated carbocycles. The molecular formula is C19H17N3O3. The monoisotopic (exact) mass is 335 g/mol. The first-order valence-corrected chi connectivity index (χ1v) is 8.32. The molecular weight excluding hydrogens is 318 g/mol. The third kappa shape index (κ3) is 3.03. The summed E-state index contributed by atoms with van der Waals surface area (Å²) in [6, 6.07) is 6.96. The van der Waals surface area contributed by atoms with Crippen molar-refractivity contribution in [2.45, 2.75) is 25.7 Å². The van der Waals surface area contributed by atoms with E-state index in [2.05, 4.69) is 16.0 Å². The molecule has 1 fully saturated rings. The maximum Gasteiger partial charge on any atom is 0.338 e. The molecule has 6 nitrogen and oxygen atoms in total. The maximum atomic E-state index is 12.7. The summed E-state index contributed by atoms with van der Waals surface area (Å²) in [7, 11) is 0. The van der Waals surface area contributed by atoms with Gasteiger partial charge in [0.1, 0.15) is 17.0 Å². The van der Waals surface area contributed by atoms with Crippen molar-refractivity contribution in [3.8, 4) is 0 Å². The predicted octanol–water partition coefficient (Wildman–Crippen LogP) is 3.01. The van der Waals surface area contributed by atoms with Crippen LogP contribution in [0.15, 0.2) is 42.9 Å². The second-order valence-corrected chi connectivity index (χ2v) is 6.11. The molecule has 6 heteroatoms. The van der Waals surface area contributed by atoms with Gasteiger partial charge in [-0.2, -0.15) is 0 Å². The number of carbonyl (C=O) groups excluding carboxylic acids is 2. The van der Waals surface area contributed by atoms with Gasteiger partial charge in [0.15, 0.2) is 0 Å². The van der Waals surface area contributed by atoms with Crippen LogP contribution in [0.3, 0.4) is 0 Å². The van der Waals surface area contributed by atoms with E-state index in [1.54, 1.807) is 13.1 Å². The molecule has 3 aromatic rings. The fourth-order valence-electron chi connectivity index (χ4n) is 2.80. The van der Waals surface area contributed by atoms with Crippen LogP contribution >= 0.6 is 0 Å². The average Bonchev–Trinajstić information content (AvgIpc) is 3.40. The summed E-state index contributed by atoms with van der Waals surface area (Å²) in [5.74, 6) is -0.153. The minimum Gasteiger partial charge on any atom is -0.462 e. The number of imidazole rings is 1. The largest absolute Gasteiger partial charge is 0.462 e. The fraction of sp³-hybridized carbons (Fsp3) is 0.263. The summed E-state index contributed by atoms with van der Waals surface area (Å²) in [6.07, 6.45) is 7.61. The molecule has 0 amide bonds. The zero-order chi connectivity index (χ0) is 17.4. The molecule has 3 heterocycles. The van der Waals surface area contributed by atoms with Crippen LogP contribution in [0.1, 0.15) is 57.8 Å². The lowest BCUT2D eigenvalue weighted by Crippen LogP contribution is -2.09. The van der Waals surface area contributed by atoms with Gasteiger partial charge in [0, 0.05) is 18.6 Å². The van der Waals surface area contributed by atoms with E-state index in [-0.39, 0.29) is 18.1 Å². The Morgan fingerprint density at radius 1 is 1.20 bits per heavy atom. The van der Waals surface area contributed by atoms with Crippen LogP contribution in [0, 0.1) is 0 Å². The predicted molar refractivity (Wildman–Crippen MR) is 90.8 cm³/mol. The van der Waals surface area contributed by atoms with Gasteiger partial charge in [-0.25, -0.2) is 9.78 Å². The SMILES string of the molecule is CCOC(=O)c1ccnc(C(=O)c2cn3cc(C4CC4)ccc3n2)c1. The molecule has 1 aliphatic carbocycles. The molecule has 1 aliphatic rings. The molecule has 0 radical (unpaired) electrons. The first-order chi connectivity index (χ1) is 12.2. The lowest BCUT2D eigenvalue weighted by molar-refractivity contribution is 0.0526. The van der Waals surface area contributed by atoms with Gasteiger partial charge in [-0.05, 0) is 49.4 Å². The minimum atomic E-state index is -0.469. The third-order valence-corrected chi connectivity index (χ3v) is 4.26. The Labute approximate surface area is 144 Å². The number of carbonyl (C=O) groups is 2. The second-order valence-electron chi connectivity index (χ2n) is 6.11. The van der Waals surface area contributed by atoms with E-state index in [0.29, 0.717) is 22.8 Å². The van der Waals surface area contributed by atoms with Crippen molar-refractivity contribution in [3.63, 3.8) is 0 Å². The molecule has 25 heavy (non-hydrogen) atoms. The van der Waals surface area contributed by atoms with Gasteiger partial charge in [-0.3, -0.25) is 9.78 Å². The van der Waals surface area contributed by atoms with E-state index >= 15 is 0 Å². The molecule has 0 aliphatic heterocycles. The van der Waals surface area contributed by atoms with Crippen LogP contribution in [0.4, 0.5) is 0 Å². The van der Waals surface area contributed by atoms with Gasteiger partial charge < -0.3 is 9.14 Å². The van der Waals surface area contributed by atoms with Crippen molar-refractivity contribution in [1.29, 1.82) is 0 Å². The summed E-state index contributed by atoms with van der Waals surface area (Å²) >= 11 is 0. The van der Waals surface area contributed by atoms with Crippen molar-refractivity contribution in [3.05, 3.63) is 65.4 Å². The molecule has 0 unspecified atom stereocenters. The zero-order valence-corrected chi connectivity index (χ0v) is 13.8. The Morgan fingerprint density at radius 2 is 2.04 bits per heavy atom. The average molecular weight is 335 g/mol. The Balaban J connectivity index is 1.65. The molecule has 0 bridgehead atoms. The number of rotatable bonds is 5. The van der Waals surface area contributed by atoms with E-state index in [1.807, 2.05) is 16.7 Å². The molecule has 0 N–H and O–H groups in total. The molecule has 4 rings (SSSR count). The summed E-state index contributed by atoms with van der Waals surface area (Å²) in [6.45, 7) is 2.01. The topological polar surface area (TPSA) is 73.6 Å². The quantitative estimate of drug-likeness (QED) is 0.529. The van der Waals surface area contributed by atoms with Gasteiger partial charge in [0.2, 0.25) is 5.78 Å². The fourth-order valence-corrected chi connectivity index (χ4v) is 2.80. The van der Waals surface area contributed by atoms with Crippen LogP contribution in [-0.4, -0.2) is 32.7 Å². The first kappa shape index (κ1) is 15.5. The zero-order valence-electron chi connectivity index (χ0n) is 13.8. The standard InChI is InChI=1S/C19H17N3O3/c1-2-25-19(24)13-7-8-20-15(9-13)18(23)16-11-22-10-14(12-3-4-12)5-6-17(22)21-16/h5-12H,2-4H2,1H3. The molecule has 3 aromatic heterocycles. The normalized spacial score (nSPS) is 13.8. The maximum absolute atomic E-state index is 12.7. The highest BCUT2D eigenvalue weighted by Gasteiger charge is 2.24. The summed E-state index contributed by atoms with van der Waals surface area (Å²) in [5.41, 5.74) is 2.78. The van der Waals surface area contributed by atoms with Gasteiger partial charge in [0.05, 0.1) is 12.2 Å². The van der Waals surface area contributed by atoms with E-state index in [4.69, 9.17) is 4.74 Å². The lowest BCUT2D eigenvalue weighted by atomic mass is 10.1. The van der Waals surface area contributed by atoms with Crippen LogP contribution in [0.5, 0.6) is 0 Å². The Kier molecular flexibility index (Phi) is 3.80. The van der Waals surface area contributed by atoms with Gasteiger partial charge in [-0.15, -0.1) is 0 Å². The highest BCUT2D eigenvalue weighted by Crippen LogP contribution is 2.39. The summed E-state index contributed by atoms with van der Waals surface area (Å²) in [4.78, 5) is 33.0. The van der Waals surface area contributed by atoms with Crippen LogP contribution in [-0.2, 0) is 4.74 Å². The van der Waals surface area contributed by atoms with Crippen molar-refractivity contribution in [2.24, 2.45) is 0 Å². The number of hydrogen-bond donors (Lipinski definition) is 0. The first-order valence-electron chi connectivity index (χ1n) is 8.32. The molecule has 126 valence electrons. The van der Waals surface area contributed by atoms with Crippen LogP contribution in [0.25, 0.3) is 5.65 Å². The number of ether oxygens (including phenoxy) is 1. The van der Waals surface area contributed by atoms with Crippen molar-refractivity contribution in [2.75, 3.05) is 6.61 Å². The van der Waals surface area contributed by atoms with Crippen molar-refractivity contribution >= 4 is 17.4 Å². The van der Waals surface area contributed by atoms with E-state index < -0.39 is 5.97 Å². The van der Waals surface area contributed by atoms with E-state index in [9.17, 15) is 9.59 Å². The Hall–Kier alpha value is -3.02.